The summed E-state index contributed by atoms with van der Waals surface area (Å²) >= 11 is 0. The van der Waals surface area contributed by atoms with Gasteiger partial charge in [0, 0.05) is 30.7 Å². The summed E-state index contributed by atoms with van der Waals surface area (Å²) < 4.78 is 0. The molecule has 0 aromatic rings. The number of ketones is 1. The van der Waals surface area contributed by atoms with Crippen LogP contribution in [0.4, 0.5) is 0 Å². The van der Waals surface area contributed by atoms with Crippen LogP contribution in [0.5, 0.6) is 0 Å². The second-order valence-electron chi connectivity index (χ2n) is 35.1. The first kappa shape index (κ1) is 107. The third kappa shape index (κ3) is 33.6. The number of allylic oxidation sites excluding steroid dienone is 4. The van der Waals surface area contributed by atoms with Gasteiger partial charge in [0.1, 0.15) is 76.9 Å². The van der Waals surface area contributed by atoms with Gasteiger partial charge in [0.25, 0.3) is 17.7 Å². The summed E-state index contributed by atoms with van der Waals surface area (Å²) in [5.41, 5.74) is -6.29. The van der Waals surface area contributed by atoms with E-state index < -0.39 is 177 Å². The van der Waals surface area contributed by atoms with Crippen LogP contribution < -0.4 is 74.4 Å². The zero-order valence-corrected chi connectivity index (χ0v) is 75.3. The van der Waals surface area contributed by atoms with Crippen molar-refractivity contribution in [1.82, 2.24) is 79.3 Å². The van der Waals surface area contributed by atoms with E-state index in [9.17, 15) is 82.4 Å². The molecular formula is C83H147N15O17. The maximum absolute atomic E-state index is 14.5. The molecule has 0 heterocycles. The van der Waals surface area contributed by atoms with Crippen LogP contribution in [0.3, 0.4) is 0 Å². The first-order valence-electron chi connectivity index (χ1n) is 40.4. The molecule has 0 rings (SSSR count). The normalized spacial score (nSPS) is 16.2. The number of carbonyl (C=O) groups is 14. The Kier molecular flexibility index (Phi) is 43.6. The summed E-state index contributed by atoms with van der Waals surface area (Å²) in [6.07, 6.45) is 1.04. The van der Waals surface area contributed by atoms with E-state index in [2.05, 4.69) is 93.2 Å². The lowest BCUT2D eigenvalue weighted by molar-refractivity contribution is -0.147. The van der Waals surface area contributed by atoms with E-state index in [1.54, 1.807) is 104 Å². The fourth-order valence-corrected chi connectivity index (χ4v) is 11.9. The van der Waals surface area contributed by atoms with E-state index in [0.29, 0.717) is 35.7 Å². The van der Waals surface area contributed by atoms with Gasteiger partial charge in [0.2, 0.25) is 59.1 Å². The van der Waals surface area contributed by atoms with E-state index in [4.69, 9.17) is 0 Å². The highest BCUT2D eigenvalue weighted by atomic mass is 16.3. The topological polar surface area (TPSA) is 471 Å². The Balaban J connectivity index is 6.83. The highest BCUT2D eigenvalue weighted by Gasteiger charge is 2.47. The summed E-state index contributed by atoms with van der Waals surface area (Å²) in [7, 11) is 3.96. The number of nitrogens with zero attached hydrogens (tertiary/aromatic N) is 1. The minimum atomic E-state index is -2.14. The van der Waals surface area contributed by atoms with Gasteiger partial charge in [-0.05, 0) is 195 Å². The van der Waals surface area contributed by atoms with E-state index >= 15 is 0 Å². The van der Waals surface area contributed by atoms with Crippen molar-refractivity contribution in [3.05, 3.63) is 45.1 Å². The molecule has 0 aliphatic heterocycles. The average molecular weight is 1630 g/mol. The quantitative estimate of drug-likeness (QED) is 0.0303. The highest BCUT2D eigenvalue weighted by molar-refractivity contribution is 6.09. The zero-order chi connectivity index (χ0) is 89.9. The molecule has 0 aromatic heterocycles. The monoisotopic (exact) mass is 1630 g/mol. The number of carbonyl (C=O) groups excluding carboxylic acids is 14. The number of nitrogens with one attached hydrogen (secondary N) is 14. The highest BCUT2D eigenvalue weighted by Crippen LogP contribution is 2.28. The second kappa shape index (κ2) is 47.1. The standard InChI is InChI=1S/C83H147N15O17/c1-34-48(19)60(73(106)85-52(23)67(100)88-57(45(13)14)70(103)89-56(44(11)12)69(102)87-54(42(7)8)39-84-55(43(9)10)40-98(32)33)93-76(109)63(81(27,28)113)96-77(110)64(82(29,30)114)95-72(105)59(47(17)18)90-71(104)58(46(15)16)91-75(108)62(50(21)36-3)92-68(101)53(24)86-74(107)61(49(20)35-2)94-78(111)65(83(31,115)37-4)97-79(112)80(25,26)66(99)51(22)38-41(5)6/h41,43-47,51-53,55-59,63-65,84,113-115H,34-40H2,1-33H3,(H,85,106)(H,86,107)(H,87,102)(H,88,100)(H,89,103)(H,90,104)(H,91,108)(H,92,101)(H,93,109)(H,94,111)(H,95,105)(H,96,110)(H,97,112)/b60-48+,61-49+,62-50+/t51-,52-,53-,55-,56-,57+,58+,59?,63+,64-,65+,83+/m0/s1. The molecule has 0 aromatic carbocycles. The lowest BCUT2D eigenvalue weighted by Crippen LogP contribution is -2.66. The molecule has 656 valence electrons. The molecule has 17 N–H and O–H groups in total. The van der Waals surface area contributed by atoms with Crippen molar-refractivity contribution < 1.29 is 82.4 Å². The number of rotatable bonds is 47. The molecule has 12 atom stereocenters. The minimum Gasteiger partial charge on any atom is -0.388 e. The van der Waals surface area contributed by atoms with Gasteiger partial charge in [-0.2, -0.15) is 0 Å². The van der Waals surface area contributed by atoms with Gasteiger partial charge in [-0.15, -0.1) is 0 Å². The van der Waals surface area contributed by atoms with Crippen LogP contribution in [0.15, 0.2) is 45.1 Å². The van der Waals surface area contributed by atoms with Gasteiger partial charge < -0.3 is 94.7 Å². The summed E-state index contributed by atoms with van der Waals surface area (Å²) in [6.45, 7) is 50.7. The summed E-state index contributed by atoms with van der Waals surface area (Å²) in [6, 6.07) is -13.3. The lowest BCUT2D eigenvalue weighted by atomic mass is 9.78. The largest absolute Gasteiger partial charge is 0.388 e. The molecule has 13 amide bonds. The van der Waals surface area contributed by atoms with Crippen molar-refractivity contribution in [2.45, 2.75) is 324 Å². The van der Waals surface area contributed by atoms with Crippen molar-refractivity contribution >= 4 is 82.6 Å². The number of Topliss-reactive ketones (excluding diaryl/α,β-unsaturated/α-hetero) is 1. The summed E-state index contributed by atoms with van der Waals surface area (Å²) in [5, 5.41) is 71.9. The van der Waals surface area contributed by atoms with Crippen LogP contribution in [0, 0.1) is 46.8 Å². The van der Waals surface area contributed by atoms with E-state index in [1.807, 2.05) is 41.8 Å². The summed E-state index contributed by atoms with van der Waals surface area (Å²) in [5.74, 6) is -14.6. The number of hydrogen-bond acceptors (Lipinski definition) is 19. The number of aliphatic hydroxyl groups is 3. The molecule has 32 nitrogen and oxygen atoms in total. The molecule has 32 heteroatoms. The summed E-state index contributed by atoms with van der Waals surface area (Å²) in [4.78, 5) is 200. The van der Waals surface area contributed by atoms with E-state index in [0.717, 1.165) is 12.1 Å². The Morgan fingerprint density at radius 1 is 0.374 bits per heavy atom. The molecule has 0 aliphatic carbocycles. The van der Waals surface area contributed by atoms with Gasteiger partial charge in [-0.25, -0.2) is 0 Å². The fourth-order valence-electron chi connectivity index (χ4n) is 11.9. The molecule has 0 bridgehead atoms. The Morgan fingerprint density at radius 3 is 1.07 bits per heavy atom. The Labute approximate surface area is 684 Å². The maximum atomic E-state index is 14.5. The van der Waals surface area contributed by atoms with Gasteiger partial charge >= 0.3 is 0 Å². The van der Waals surface area contributed by atoms with Crippen molar-refractivity contribution in [2.24, 2.45) is 46.8 Å². The van der Waals surface area contributed by atoms with Crippen molar-refractivity contribution in [3.63, 3.8) is 0 Å². The molecule has 0 spiro atoms. The Hall–Kier alpha value is -8.46. The molecular weight excluding hydrogens is 1480 g/mol. The zero-order valence-electron chi connectivity index (χ0n) is 75.3. The van der Waals surface area contributed by atoms with Crippen LogP contribution >= 0.6 is 0 Å². The molecule has 0 fully saturated rings. The van der Waals surface area contributed by atoms with Crippen LogP contribution in [-0.4, -0.2) is 207 Å². The SMILES string of the molecule is CC/C(C)=C(/NC(=O)[C@H](C)NC(=O)/C(NC(=O)[C@@H](NC(=O)C(C)(C)C(=O)[C@@H](C)CC(C)C)[C@](C)(O)CC)=C(/C)CC)C(=O)N[C@@H](C(=O)NC(C(=O)N[C@@H](C(=O)N[C@H](C(=O)N/C(C(=O)N[C@@H](C)C(=O)N[C@@H](C(=O)N[C@H](C(=O)NC(CN[C@@H](CN(C)C)C(C)C)=C(C)C)C(C)C)C(C)C)=C(\C)CC)C(C)(C)O)C(C)(C)O)C(C)C)C(C)C. The molecule has 0 radical (unpaired) electrons. The van der Waals surface area contributed by atoms with Gasteiger partial charge in [0.05, 0.1) is 16.8 Å². The maximum Gasteiger partial charge on any atom is 0.268 e. The number of amides is 13. The first-order chi connectivity index (χ1) is 52.5. The van der Waals surface area contributed by atoms with Gasteiger partial charge in [0.15, 0.2) is 5.78 Å². The number of likely N-dealkylation sites (N-methyl/N-ethyl adjacent to an activating group) is 1. The molecule has 1 unspecified atom stereocenters. The molecule has 0 saturated heterocycles. The molecule has 0 aliphatic rings. The molecule has 115 heavy (non-hydrogen) atoms. The van der Waals surface area contributed by atoms with Gasteiger partial charge in [-0.1, -0.05) is 123 Å². The van der Waals surface area contributed by atoms with Crippen molar-refractivity contribution in [3.8, 4) is 0 Å². The fraction of sp³-hybridized carbons (Fsp3) is 0.735. The minimum absolute atomic E-state index is 0.0441. The average Bonchev–Trinajstić information content (AvgIpc) is 0.803. The number of hydrogen-bond donors (Lipinski definition) is 17. The Bertz CT molecular complexity index is 3550. The van der Waals surface area contributed by atoms with Gasteiger partial charge in [-0.3, -0.25) is 67.1 Å². The second-order valence-corrected chi connectivity index (χ2v) is 35.1. The predicted octanol–water partition coefficient (Wildman–Crippen LogP) is 3.98. The van der Waals surface area contributed by atoms with E-state index in [1.165, 1.54) is 69.2 Å². The van der Waals surface area contributed by atoms with Crippen molar-refractivity contribution in [2.75, 3.05) is 27.2 Å². The Morgan fingerprint density at radius 2 is 0.713 bits per heavy atom. The first-order valence-corrected chi connectivity index (χ1v) is 40.4. The molecule has 0 saturated carbocycles. The third-order valence-electron chi connectivity index (χ3n) is 20.4. The van der Waals surface area contributed by atoms with Crippen LogP contribution in [0.25, 0.3) is 0 Å². The smallest absolute Gasteiger partial charge is 0.268 e. The van der Waals surface area contributed by atoms with Crippen LogP contribution in [-0.2, 0) is 67.1 Å². The predicted molar refractivity (Wildman–Crippen MR) is 444 cm³/mol. The van der Waals surface area contributed by atoms with Crippen molar-refractivity contribution in [1.29, 1.82) is 0 Å². The van der Waals surface area contributed by atoms with Crippen LogP contribution in [0.2, 0.25) is 0 Å². The van der Waals surface area contributed by atoms with E-state index in [-0.39, 0.29) is 72.0 Å². The van der Waals surface area contributed by atoms with Crippen LogP contribution in [0.1, 0.15) is 247 Å². The lowest BCUT2D eigenvalue weighted by Gasteiger charge is -2.35. The third-order valence-corrected chi connectivity index (χ3v) is 20.4.